The molecule has 0 saturated heterocycles. The Hall–Kier alpha value is -0.440. The van der Waals surface area contributed by atoms with Crippen molar-refractivity contribution in [3.8, 4) is 9.85 Å². The molecule has 3 nitrogen and oxygen atoms in total. The Morgan fingerprint density at radius 2 is 2.50 bits per heavy atom. The number of carbonyl (C=O) groups excluding carboxylic acids is 1. The van der Waals surface area contributed by atoms with Crippen LogP contribution in [-0.2, 0) is 4.74 Å². The standard InChI is InChI=1S/C6H8INO2/c1-2-10-6(9)8-5-3-4-7/h2,5H2,1H3,(H,8,9). The molecule has 4 heteroatoms. The van der Waals surface area contributed by atoms with Crippen molar-refractivity contribution < 1.29 is 9.53 Å². The summed E-state index contributed by atoms with van der Waals surface area (Å²) in [5.41, 5.74) is 0. The SMILES string of the molecule is CCOC(=O)NCC#CI. The fraction of sp³-hybridized carbons (Fsp3) is 0.500. The Labute approximate surface area is 73.6 Å². The van der Waals surface area contributed by atoms with Gasteiger partial charge < -0.3 is 10.1 Å². The van der Waals surface area contributed by atoms with Crippen molar-refractivity contribution in [2.45, 2.75) is 6.92 Å². The zero-order valence-electron chi connectivity index (χ0n) is 5.61. The quantitative estimate of drug-likeness (QED) is 0.591. The molecule has 10 heavy (non-hydrogen) atoms. The molecule has 0 aromatic carbocycles. The number of nitrogens with one attached hydrogen (secondary N) is 1. The molecule has 0 heterocycles. The highest BCUT2D eigenvalue weighted by molar-refractivity contribution is 14.1. The smallest absolute Gasteiger partial charge is 0.407 e. The van der Waals surface area contributed by atoms with Crippen LogP contribution in [0.4, 0.5) is 4.79 Å². The van der Waals surface area contributed by atoms with Crippen molar-refractivity contribution in [2.75, 3.05) is 13.2 Å². The Morgan fingerprint density at radius 1 is 1.80 bits per heavy atom. The number of carbonyl (C=O) groups is 1. The maximum atomic E-state index is 10.5. The van der Waals surface area contributed by atoms with E-state index in [4.69, 9.17) is 0 Å². The Morgan fingerprint density at radius 3 is 3.00 bits per heavy atom. The van der Waals surface area contributed by atoms with Crippen LogP contribution in [0, 0.1) is 9.85 Å². The van der Waals surface area contributed by atoms with E-state index in [0.29, 0.717) is 13.2 Å². The third-order valence-corrected chi connectivity index (χ3v) is 1.04. The zero-order valence-corrected chi connectivity index (χ0v) is 7.77. The molecule has 0 rings (SSSR count). The molecule has 56 valence electrons. The van der Waals surface area contributed by atoms with Gasteiger partial charge in [0, 0.05) is 22.6 Å². The van der Waals surface area contributed by atoms with E-state index in [1.54, 1.807) is 6.92 Å². The Kier molecular flexibility index (Phi) is 6.38. The molecule has 0 aromatic rings. The van der Waals surface area contributed by atoms with Gasteiger partial charge in [0.25, 0.3) is 0 Å². The fourth-order valence-electron chi connectivity index (χ4n) is 0.332. The van der Waals surface area contributed by atoms with Crippen LogP contribution in [0.25, 0.3) is 0 Å². The molecule has 0 aliphatic heterocycles. The topological polar surface area (TPSA) is 38.3 Å². The fourth-order valence-corrected chi connectivity index (χ4v) is 0.523. The minimum atomic E-state index is -0.415. The van der Waals surface area contributed by atoms with E-state index in [0.717, 1.165) is 0 Å². The molecule has 0 atom stereocenters. The number of alkyl carbamates (subject to hydrolysis) is 1. The van der Waals surface area contributed by atoms with E-state index >= 15 is 0 Å². The first-order valence-corrected chi connectivity index (χ1v) is 3.88. The summed E-state index contributed by atoms with van der Waals surface area (Å²) in [7, 11) is 0. The second-order valence-corrected chi connectivity index (χ2v) is 1.88. The van der Waals surface area contributed by atoms with E-state index in [-0.39, 0.29) is 0 Å². The number of amides is 1. The lowest BCUT2D eigenvalue weighted by molar-refractivity contribution is 0.153. The first kappa shape index (κ1) is 9.56. The van der Waals surface area contributed by atoms with Gasteiger partial charge in [-0.15, -0.1) is 0 Å². The lowest BCUT2D eigenvalue weighted by atomic mass is 10.7. The zero-order chi connectivity index (χ0) is 7.82. The van der Waals surface area contributed by atoms with E-state index in [9.17, 15) is 4.79 Å². The molecular weight excluding hydrogens is 245 g/mol. The van der Waals surface area contributed by atoms with Crippen LogP contribution in [0.1, 0.15) is 6.92 Å². The summed E-state index contributed by atoms with van der Waals surface area (Å²) < 4.78 is 7.18. The Bertz CT molecular complexity index is 159. The van der Waals surface area contributed by atoms with Gasteiger partial charge in [0.2, 0.25) is 0 Å². The third-order valence-electron chi connectivity index (χ3n) is 0.663. The average Bonchev–Trinajstić information content (AvgIpc) is 1.89. The van der Waals surface area contributed by atoms with Crippen LogP contribution < -0.4 is 5.32 Å². The van der Waals surface area contributed by atoms with Crippen LogP contribution in [0.3, 0.4) is 0 Å². The summed E-state index contributed by atoms with van der Waals surface area (Å²) in [6.45, 7) is 2.49. The molecule has 0 aliphatic carbocycles. The van der Waals surface area contributed by atoms with Gasteiger partial charge in [-0.25, -0.2) is 4.79 Å². The first-order chi connectivity index (χ1) is 4.81. The van der Waals surface area contributed by atoms with Gasteiger partial charge in [-0.2, -0.15) is 0 Å². The molecule has 0 aliphatic rings. The Balaban J connectivity index is 3.27. The summed E-state index contributed by atoms with van der Waals surface area (Å²) in [5.74, 6) is 2.66. The minimum Gasteiger partial charge on any atom is -0.450 e. The predicted octanol–water partition coefficient (Wildman–Crippen LogP) is 1.13. The average molecular weight is 253 g/mol. The minimum absolute atomic E-state index is 0.349. The highest BCUT2D eigenvalue weighted by Gasteiger charge is 1.94. The van der Waals surface area contributed by atoms with Crippen LogP contribution in [-0.4, -0.2) is 19.2 Å². The number of hydrogen-bond acceptors (Lipinski definition) is 2. The van der Waals surface area contributed by atoms with E-state index in [1.165, 1.54) is 0 Å². The van der Waals surface area contributed by atoms with E-state index in [1.807, 2.05) is 22.6 Å². The van der Waals surface area contributed by atoms with Crippen molar-refractivity contribution in [3.05, 3.63) is 0 Å². The van der Waals surface area contributed by atoms with E-state index in [2.05, 4.69) is 19.9 Å². The lowest BCUT2D eigenvalue weighted by Crippen LogP contribution is -2.24. The van der Waals surface area contributed by atoms with Crippen LogP contribution in [0.5, 0.6) is 0 Å². The molecular formula is C6H8INO2. The van der Waals surface area contributed by atoms with Crippen LogP contribution in [0.2, 0.25) is 0 Å². The van der Waals surface area contributed by atoms with Gasteiger partial charge in [0.05, 0.1) is 13.2 Å². The van der Waals surface area contributed by atoms with Gasteiger partial charge in [-0.3, -0.25) is 0 Å². The summed E-state index contributed by atoms with van der Waals surface area (Å²) in [5, 5.41) is 2.44. The molecule has 0 fully saturated rings. The molecule has 1 N–H and O–H groups in total. The monoisotopic (exact) mass is 253 g/mol. The van der Waals surface area contributed by atoms with Crippen LogP contribution >= 0.6 is 22.6 Å². The summed E-state index contributed by atoms with van der Waals surface area (Å²) in [4.78, 5) is 10.5. The van der Waals surface area contributed by atoms with Gasteiger partial charge in [-0.05, 0) is 10.9 Å². The molecule has 0 bridgehead atoms. The molecule has 0 spiro atoms. The van der Waals surface area contributed by atoms with Crippen molar-refractivity contribution in [2.24, 2.45) is 0 Å². The largest absolute Gasteiger partial charge is 0.450 e. The maximum absolute atomic E-state index is 10.5. The molecule has 0 unspecified atom stereocenters. The summed E-state index contributed by atoms with van der Waals surface area (Å²) in [6.07, 6.45) is -0.415. The highest BCUT2D eigenvalue weighted by atomic mass is 127. The maximum Gasteiger partial charge on any atom is 0.407 e. The van der Waals surface area contributed by atoms with Gasteiger partial charge in [0.15, 0.2) is 0 Å². The predicted molar refractivity (Wildman–Crippen MR) is 46.8 cm³/mol. The number of halogens is 1. The molecule has 0 radical (unpaired) electrons. The number of rotatable bonds is 2. The van der Waals surface area contributed by atoms with Gasteiger partial charge in [0.1, 0.15) is 0 Å². The summed E-state index contributed by atoms with van der Waals surface area (Å²) in [6, 6.07) is 0. The normalized spacial score (nSPS) is 7.40. The lowest BCUT2D eigenvalue weighted by Gasteiger charge is -1.99. The second-order valence-electron chi connectivity index (χ2n) is 1.35. The highest BCUT2D eigenvalue weighted by Crippen LogP contribution is 1.74. The van der Waals surface area contributed by atoms with Crippen molar-refractivity contribution in [1.29, 1.82) is 0 Å². The molecule has 0 saturated carbocycles. The van der Waals surface area contributed by atoms with E-state index < -0.39 is 6.09 Å². The second kappa shape index (κ2) is 6.68. The van der Waals surface area contributed by atoms with Crippen molar-refractivity contribution in [3.63, 3.8) is 0 Å². The third kappa shape index (κ3) is 5.69. The molecule has 0 aromatic heterocycles. The number of hydrogen-bond donors (Lipinski definition) is 1. The van der Waals surface area contributed by atoms with Gasteiger partial charge in [-0.1, -0.05) is 5.92 Å². The number of ether oxygens (including phenoxy) is 1. The summed E-state index contributed by atoms with van der Waals surface area (Å²) >= 11 is 1.90. The van der Waals surface area contributed by atoms with Crippen LogP contribution in [0.15, 0.2) is 0 Å². The van der Waals surface area contributed by atoms with Crippen molar-refractivity contribution in [1.82, 2.24) is 5.32 Å². The molecule has 1 amide bonds. The van der Waals surface area contributed by atoms with Gasteiger partial charge >= 0.3 is 6.09 Å². The first-order valence-electron chi connectivity index (χ1n) is 2.80. The van der Waals surface area contributed by atoms with Crippen molar-refractivity contribution >= 4 is 28.7 Å².